The lowest BCUT2D eigenvalue weighted by molar-refractivity contribution is -0.00716. The third kappa shape index (κ3) is 4.92. The summed E-state index contributed by atoms with van der Waals surface area (Å²) in [5, 5.41) is 22.7. The SMILES string of the molecule is C=C[C@H]1CN(C(=O)c2ccccc2)CC[C@H]1C[C@@H](O)[C@H](O)c1ccnc2ccc(OC)cc12. The van der Waals surface area contributed by atoms with E-state index in [1.165, 1.54) is 0 Å². The van der Waals surface area contributed by atoms with Gasteiger partial charge in [-0.05, 0) is 66.6 Å². The molecular weight excluding hydrogens is 416 g/mol. The number of likely N-dealkylation sites (tertiary alicyclic amines) is 1. The Balaban J connectivity index is 1.46. The Labute approximate surface area is 194 Å². The van der Waals surface area contributed by atoms with Gasteiger partial charge in [0.15, 0.2) is 0 Å². The largest absolute Gasteiger partial charge is 0.497 e. The second kappa shape index (κ2) is 10.1. The number of rotatable bonds is 7. The number of methoxy groups -OCH3 is 1. The molecule has 33 heavy (non-hydrogen) atoms. The molecule has 0 unspecified atom stereocenters. The van der Waals surface area contributed by atoms with Crippen LogP contribution in [0.1, 0.15) is 34.9 Å². The number of hydrogen-bond acceptors (Lipinski definition) is 5. The Hall–Kier alpha value is -3.22. The van der Waals surface area contributed by atoms with E-state index >= 15 is 0 Å². The highest BCUT2D eigenvalue weighted by molar-refractivity contribution is 5.94. The first-order chi connectivity index (χ1) is 16.0. The highest BCUT2D eigenvalue weighted by atomic mass is 16.5. The number of carbonyl (C=O) groups excluding carboxylic acids is 1. The van der Waals surface area contributed by atoms with Gasteiger partial charge in [-0.15, -0.1) is 6.58 Å². The zero-order valence-electron chi connectivity index (χ0n) is 18.8. The first kappa shape index (κ1) is 23.0. The van der Waals surface area contributed by atoms with E-state index in [0.717, 1.165) is 17.3 Å². The monoisotopic (exact) mass is 446 g/mol. The molecule has 0 bridgehead atoms. The maximum Gasteiger partial charge on any atom is 0.253 e. The number of nitrogens with zero attached hydrogens (tertiary/aromatic N) is 2. The summed E-state index contributed by atoms with van der Waals surface area (Å²) in [6.45, 7) is 5.13. The molecular formula is C27H30N2O4. The highest BCUT2D eigenvalue weighted by Crippen LogP contribution is 2.34. The predicted molar refractivity (Wildman–Crippen MR) is 128 cm³/mol. The van der Waals surface area contributed by atoms with Gasteiger partial charge in [-0.2, -0.15) is 0 Å². The van der Waals surface area contributed by atoms with Gasteiger partial charge in [0, 0.05) is 30.2 Å². The van der Waals surface area contributed by atoms with E-state index in [9.17, 15) is 15.0 Å². The molecule has 6 heteroatoms. The van der Waals surface area contributed by atoms with E-state index in [0.29, 0.717) is 36.4 Å². The quantitative estimate of drug-likeness (QED) is 0.536. The molecule has 4 atom stereocenters. The van der Waals surface area contributed by atoms with E-state index in [-0.39, 0.29) is 17.7 Å². The van der Waals surface area contributed by atoms with Crippen molar-refractivity contribution in [3.8, 4) is 5.75 Å². The number of piperidine rings is 1. The van der Waals surface area contributed by atoms with Gasteiger partial charge < -0.3 is 19.8 Å². The number of aromatic nitrogens is 1. The maximum absolute atomic E-state index is 12.8. The Morgan fingerprint density at radius 2 is 2.03 bits per heavy atom. The first-order valence-corrected chi connectivity index (χ1v) is 11.3. The summed E-state index contributed by atoms with van der Waals surface area (Å²) in [7, 11) is 1.59. The number of pyridine rings is 1. The second-order valence-electron chi connectivity index (χ2n) is 8.60. The Morgan fingerprint density at radius 1 is 1.24 bits per heavy atom. The fourth-order valence-corrected chi connectivity index (χ4v) is 4.72. The molecule has 2 aromatic carbocycles. The maximum atomic E-state index is 12.8. The van der Waals surface area contributed by atoms with Crippen molar-refractivity contribution in [1.82, 2.24) is 9.88 Å². The lowest BCUT2D eigenvalue weighted by atomic mass is 9.80. The molecule has 0 spiro atoms. The van der Waals surface area contributed by atoms with Gasteiger partial charge in [0.05, 0.1) is 18.7 Å². The Morgan fingerprint density at radius 3 is 2.76 bits per heavy atom. The number of hydrogen-bond donors (Lipinski definition) is 2. The Kier molecular flexibility index (Phi) is 7.06. The van der Waals surface area contributed by atoms with Gasteiger partial charge in [-0.3, -0.25) is 9.78 Å². The van der Waals surface area contributed by atoms with Crippen LogP contribution in [0.15, 0.2) is 73.4 Å². The standard InChI is InChI=1S/C27H30N2O4/c1-3-18-17-29(27(32)19-7-5-4-6-8-19)14-12-20(18)15-25(30)26(31)22-11-13-28-24-10-9-21(33-2)16-23(22)24/h3-11,13,16,18,20,25-26,30-31H,1,12,14-15,17H2,2H3/t18-,20-,25+,26+/m0/s1. The zero-order valence-corrected chi connectivity index (χ0v) is 18.8. The summed E-state index contributed by atoms with van der Waals surface area (Å²) in [5.41, 5.74) is 2.03. The second-order valence-corrected chi connectivity index (χ2v) is 8.60. The third-order valence-electron chi connectivity index (χ3n) is 6.63. The molecule has 1 aromatic heterocycles. The van der Waals surface area contributed by atoms with E-state index in [1.807, 2.05) is 59.5 Å². The van der Waals surface area contributed by atoms with Crippen molar-refractivity contribution in [2.75, 3.05) is 20.2 Å². The third-order valence-corrected chi connectivity index (χ3v) is 6.63. The average molecular weight is 447 g/mol. The highest BCUT2D eigenvalue weighted by Gasteiger charge is 2.33. The van der Waals surface area contributed by atoms with Crippen molar-refractivity contribution >= 4 is 16.8 Å². The summed E-state index contributed by atoms with van der Waals surface area (Å²) in [4.78, 5) is 19.0. The number of aliphatic hydroxyl groups is 2. The van der Waals surface area contributed by atoms with E-state index < -0.39 is 12.2 Å². The minimum Gasteiger partial charge on any atom is -0.497 e. The number of amides is 1. The number of carbonyl (C=O) groups is 1. The number of benzene rings is 2. The van der Waals surface area contributed by atoms with Crippen LogP contribution in [-0.4, -0.2) is 52.3 Å². The molecule has 1 aliphatic rings. The number of aliphatic hydroxyl groups excluding tert-OH is 2. The molecule has 4 rings (SSSR count). The minimum absolute atomic E-state index is 0.0127. The molecule has 1 fully saturated rings. The molecule has 0 aliphatic carbocycles. The molecule has 3 aromatic rings. The summed E-state index contributed by atoms with van der Waals surface area (Å²) >= 11 is 0. The Bertz CT molecular complexity index is 1120. The molecule has 0 radical (unpaired) electrons. The minimum atomic E-state index is -1.06. The molecule has 1 aliphatic heterocycles. The average Bonchev–Trinajstić information content (AvgIpc) is 2.87. The lowest BCUT2D eigenvalue weighted by Gasteiger charge is -2.38. The summed E-state index contributed by atoms with van der Waals surface area (Å²) in [6, 6.07) is 16.5. The van der Waals surface area contributed by atoms with Crippen LogP contribution in [0.3, 0.4) is 0 Å². The van der Waals surface area contributed by atoms with Gasteiger partial charge in [0.2, 0.25) is 0 Å². The molecule has 2 heterocycles. The van der Waals surface area contributed by atoms with Crippen LogP contribution in [0.4, 0.5) is 0 Å². The first-order valence-electron chi connectivity index (χ1n) is 11.3. The van der Waals surface area contributed by atoms with Crippen molar-refractivity contribution in [3.63, 3.8) is 0 Å². The molecule has 2 N–H and O–H groups in total. The molecule has 1 saturated heterocycles. The van der Waals surface area contributed by atoms with Gasteiger partial charge in [-0.1, -0.05) is 24.3 Å². The van der Waals surface area contributed by atoms with Crippen molar-refractivity contribution in [3.05, 3.63) is 84.6 Å². The van der Waals surface area contributed by atoms with Crippen LogP contribution >= 0.6 is 0 Å². The van der Waals surface area contributed by atoms with Crippen molar-refractivity contribution in [2.45, 2.75) is 25.0 Å². The molecule has 0 saturated carbocycles. The topological polar surface area (TPSA) is 82.9 Å². The van der Waals surface area contributed by atoms with Gasteiger partial charge in [0.1, 0.15) is 11.9 Å². The van der Waals surface area contributed by atoms with Crippen LogP contribution in [0.2, 0.25) is 0 Å². The van der Waals surface area contributed by atoms with E-state index in [4.69, 9.17) is 4.74 Å². The van der Waals surface area contributed by atoms with E-state index in [1.54, 1.807) is 19.4 Å². The summed E-state index contributed by atoms with van der Waals surface area (Å²) in [6.07, 6.45) is 2.65. The van der Waals surface area contributed by atoms with Gasteiger partial charge in [0.25, 0.3) is 5.91 Å². The number of fused-ring (bicyclic) bond motifs is 1. The smallest absolute Gasteiger partial charge is 0.253 e. The van der Waals surface area contributed by atoms with E-state index in [2.05, 4.69) is 11.6 Å². The number of ether oxygens (including phenoxy) is 1. The van der Waals surface area contributed by atoms with Gasteiger partial charge in [-0.25, -0.2) is 0 Å². The molecule has 172 valence electrons. The summed E-state index contributed by atoms with van der Waals surface area (Å²) in [5.74, 6) is 0.844. The van der Waals surface area contributed by atoms with Crippen LogP contribution in [-0.2, 0) is 0 Å². The summed E-state index contributed by atoms with van der Waals surface area (Å²) < 4.78 is 5.31. The zero-order chi connectivity index (χ0) is 23.4. The predicted octanol–water partition coefficient (Wildman–Crippen LogP) is 3.99. The molecule has 1 amide bonds. The lowest BCUT2D eigenvalue weighted by Crippen LogP contribution is -2.44. The van der Waals surface area contributed by atoms with Crippen molar-refractivity contribution in [1.29, 1.82) is 0 Å². The molecule has 6 nitrogen and oxygen atoms in total. The normalized spacial score (nSPS) is 20.3. The fraction of sp³-hybridized carbons (Fsp3) is 0.333. The van der Waals surface area contributed by atoms with Crippen molar-refractivity contribution in [2.24, 2.45) is 11.8 Å². The fourth-order valence-electron chi connectivity index (χ4n) is 4.72. The van der Waals surface area contributed by atoms with Crippen LogP contribution in [0.25, 0.3) is 10.9 Å². The van der Waals surface area contributed by atoms with Gasteiger partial charge >= 0.3 is 0 Å². The van der Waals surface area contributed by atoms with Crippen LogP contribution < -0.4 is 4.74 Å². The van der Waals surface area contributed by atoms with Crippen molar-refractivity contribution < 1.29 is 19.7 Å². The van der Waals surface area contributed by atoms with Crippen LogP contribution in [0.5, 0.6) is 5.75 Å². The van der Waals surface area contributed by atoms with Crippen LogP contribution in [0, 0.1) is 11.8 Å².